The lowest BCUT2D eigenvalue weighted by Gasteiger charge is -2.06. The maximum absolute atomic E-state index is 5.17. The molecule has 0 saturated heterocycles. The Morgan fingerprint density at radius 1 is 1.25 bits per heavy atom. The van der Waals surface area contributed by atoms with Crippen molar-refractivity contribution in [1.29, 1.82) is 0 Å². The summed E-state index contributed by atoms with van der Waals surface area (Å²) in [7, 11) is 1.68. The molecule has 84 valence electrons. The largest absolute Gasteiger partial charge is 0.497 e. The zero-order valence-electron chi connectivity index (χ0n) is 9.49. The molecule has 1 aromatic heterocycles. The van der Waals surface area contributed by atoms with Crippen LogP contribution >= 0.6 is 11.3 Å². The number of anilines is 1. The molecule has 0 amide bonds. The highest BCUT2D eigenvalue weighted by Crippen LogP contribution is 2.20. The number of ether oxygens (including phenoxy) is 1. The Kier molecular flexibility index (Phi) is 3.47. The van der Waals surface area contributed by atoms with Gasteiger partial charge < -0.3 is 10.1 Å². The van der Waals surface area contributed by atoms with Gasteiger partial charge in [-0.2, -0.15) is 0 Å². The topological polar surface area (TPSA) is 21.3 Å². The standard InChI is InChI=1S/C13H15NOS/c1-10-6-7-13(16-10)9-14-11-4-3-5-12(8-11)15-2/h3-8,14H,9H2,1-2H3. The number of thiophene rings is 1. The smallest absolute Gasteiger partial charge is 0.120 e. The monoisotopic (exact) mass is 233 g/mol. The molecule has 0 saturated carbocycles. The number of hydrogen-bond donors (Lipinski definition) is 1. The third-order valence-corrected chi connectivity index (χ3v) is 3.33. The molecule has 1 aromatic carbocycles. The Morgan fingerprint density at radius 2 is 2.12 bits per heavy atom. The number of benzene rings is 1. The van der Waals surface area contributed by atoms with E-state index in [-0.39, 0.29) is 0 Å². The first-order valence-corrected chi connectivity index (χ1v) is 6.03. The lowest BCUT2D eigenvalue weighted by atomic mass is 10.3. The molecule has 0 aliphatic heterocycles. The van der Waals surface area contributed by atoms with Crippen LogP contribution in [0.1, 0.15) is 9.75 Å². The van der Waals surface area contributed by atoms with E-state index in [0.717, 1.165) is 18.0 Å². The first-order chi connectivity index (χ1) is 7.78. The van der Waals surface area contributed by atoms with Crippen LogP contribution in [-0.4, -0.2) is 7.11 Å². The molecule has 0 fully saturated rings. The molecule has 0 aliphatic carbocycles. The number of rotatable bonds is 4. The minimum absolute atomic E-state index is 0.867. The molecule has 0 aliphatic rings. The fourth-order valence-corrected chi connectivity index (χ4v) is 2.33. The van der Waals surface area contributed by atoms with Crippen molar-refractivity contribution in [3.8, 4) is 5.75 Å². The van der Waals surface area contributed by atoms with Gasteiger partial charge in [0.1, 0.15) is 5.75 Å². The second kappa shape index (κ2) is 5.03. The van der Waals surface area contributed by atoms with Gasteiger partial charge in [-0.1, -0.05) is 6.07 Å². The van der Waals surface area contributed by atoms with Gasteiger partial charge in [0.2, 0.25) is 0 Å². The van der Waals surface area contributed by atoms with Gasteiger partial charge in [-0.25, -0.2) is 0 Å². The van der Waals surface area contributed by atoms with E-state index < -0.39 is 0 Å². The van der Waals surface area contributed by atoms with Gasteiger partial charge in [-0.05, 0) is 31.2 Å². The summed E-state index contributed by atoms with van der Waals surface area (Å²) in [6, 6.07) is 12.3. The molecule has 0 bridgehead atoms. The zero-order chi connectivity index (χ0) is 11.4. The highest BCUT2D eigenvalue weighted by atomic mass is 32.1. The van der Waals surface area contributed by atoms with Crippen molar-refractivity contribution in [2.24, 2.45) is 0 Å². The highest BCUT2D eigenvalue weighted by Gasteiger charge is 1.98. The molecule has 2 nitrogen and oxygen atoms in total. The molecule has 2 aromatic rings. The summed E-state index contributed by atoms with van der Waals surface area (Å²) >= 11 is 1.82. The summed E-state index contributed by atoms with van der Waals surface area (Å²) in [5, 5.41) is 3.38. The molecule has 2 rings (SSSR count). The number of methoxy groups -OCH3 is 1. The summed E-state index contributed by atoms with van der Waals surface area (Å²) in [5.41, 5.74) is 1.09. The first kappa shape index (κ1) is 11.0. The van der Waals surface area contributed by atoms with Crippen LogP contribution in [0, 0.1) is 6.92 Å². The predicted octanol–water partition coefficient (Wildman–Crippen LogP) is 3.68. The maximum Gasteiger partial charge on any atom is 0.120 e. The van der Waals surface area contributed by atoms with Crippen molar-refractivity contribution < 1.29 is 4.74 Å². The summed E-state index contributed by atoms with van der Waals surface area (Å²) in [5.74, 6) is 0.882. The molecule has 1 N–H and O–H groups in total. The lowest BCUT2D eigenvalue weighted by molar-refractivity contribution is 0.415. The summed E-state index contributed by atoms with van der Waals surface area (Å²) in [6.07, 6.45) is 0. The van der Waals surface area contributed by atoms with Gasteiger partial charge in [-0.3, -0.25) is 0 Å². The van der Waals surface area contributed by atoms with Crippen LogP contribution in [0.2, 0.25) is 0 Å². The van der Waals surface area contributed by atoms with Crippen molar-refractivity contribution >= 4 is 17.0 Å². The molecular formula is C13H15NOS. The maximum atomic E-state index is 5.17. The summed E-state index contributed by atoms with van der Waals surface area (Å²) in [6.45, 7) is 2.99. The van der Waals surface area contributed by atoms with Gasteiger partial charge in [0.15, 0.2) is 0 Å². The van der Waals surface area contributed by atoms with Crippen LogP contribution in [0.5, 0.6) is 5.75 Å². The van der Waals surface area contributed by atoms with Crippen molar-refractivity contribution in [1.82, 2.24) is 0 Å². The Hall–Kier alpha value is -1.48. The van der Waals surface area contributed by atoms with Gasteiger partial charge in [0, 0.05) is 28.1 Å². The van der Waals surface area contributed by atoms with E-state index in [9.17, 15) is 0 Å². The average Bonchev–Trinajstić information content (AvgIpc) is 2.73. The van der Waals surface area contributed by atoms with E-state index >= 15 is 0 Å². The molecule has 0 radical (unpaired) electrons. The van der Waals surface area contributed by atoms with Crippen molar-refractivity contribution in [2.75, 3.05) is 12.4 Å². The normalized spacial score (nSPS) is 10.1. The lowest BCUT2D eigenvalue weighted by Crippen LogP contribution is -1.97. The van der Waals surface area contributed by atoms with Gasteiger partial charge in [-0.15, -0.1) is 11.3 Å². The average molecular weight is 233 g/mol. The van der Waals surface area contributed by atoms with E-state index in [1.807, 2.05) is 35.6 Å². The fourth-order valence-electron chi connectivity index (χ4n) is 1.50. The fraction of sp³-hybridized carbons (Fsp3) is 0.231. The van der Waals surface area contributed by atoms with E-state index in [1.54, 1.807) is 7.11 Å². The first-order valence-electron chi connectivity index (χ1n) is 5.21. The highest BCUT2D eigenvalue weighted by molar-refractivity contribution is 7.11. The van der Waals surface area contributed by atoms with Gasteiger partial charge in [0.25, 0.3) is 0 Å². The van der Waals surface area contributed by atoms with Crippen LogP contribution in [0.3, 0.4) is 0 Å². The Morgan fingerprint density at radius 3 is 2.81 bits per heavy atom. The predicted molar refractivity (Wildman–Crippen MR) is 69.4 cm³/mol. The molecular weight excluding hydrogens is 218 g/mol. The van der Waals surface area contributed by atoms with Crippen molar-refractivity contribution in [3.63, 3.8) is 0 Å². The van der Waals surface area contributed by atoms with Crippen LogP contribution in [0.4, 0.5) is 5.69 Å². The van der Waals surface area contributed by atoms with Crippen LogP contribution in [0.25, 0.3) is 0 Å². The third kappa shape index (κ3) is 2.76. The zero-order valence-corrected chi connectivity index (χ0v) is 10.3. The van der Waals surface area contributed by atoms with Gasteiger partial charge >= 0.3 is 0 Å². The van der Waals surface area contributed by atoms with Crippen molar-refractivity contribution in [3.05, 3.63) is 46.2 Å². The van der Waals surface area contributed by atoms with Crippen LogP contribution in [-0.2, 0) is 6.54 Å². The minimum Gasteiger partial charge on any atom is -0.497 e. The van der Waals surface area contributed by atoms with Crippen LogP contribution < -0.4 is 10.1 Å². The van der Waals surface area contributed by atoms with Crippen LogP contribution in [0.15, 0.2) is 36.4 Å². The number of nitrogens with one attached hydrogen (secondary N) is 1. The number of hydrogen-bond acceptors (Lipinski definition) is 3. The molecule has 0 spiro atoms. The third-order valence-electron chi connectivity index (χ3n) is 2.33. The molecule has 0 atom stereocenters. The van der Waals surface area contributed by atoms with E-state index in [0.29, 0.717) is 0 Å². The number of aryl methyl sites for hydroxylation is 1. The van der Waals surface area contributed by atoms with Crippen molar-refractivity contribution in [2.45, 2.75) is 13.5 Å². The summed E-state index contributed by atoms with van der Waals surface area (Å²) < 4.78 is 5.17. The SMILES string of the molecule is COc1cccc(NCc2ccc(C)s2)c1. The second-order valence-corrected chi connectivity index (χ2v) is 4.97. The molecule has 1 heterocycles. The Balaban J connectivity index is 1.99. The van der Waals surface area contributed by atoms with E-state index in [2.05, 4.69) is 24.4 Å². The second-order valence-electron chi connectivity index (χ2n) is 3.60. The molecule has 0 unspecified atom stereocenters. The Bertz CT molecular complexity index is 464. The Labute approximate surface area is 99.9 Å². The molecule has 16 heavy (non-hydrogen) atoms. The van der Waals surface area contributed by atoms with E-state index in [1.165, 1.54) is 9.75 Å². The summed E-state index contributed by atoms with van der Waals surface area (Å²) in [4.78, 5) is 2.70. The minimum atomic E-state index is 0.867. The van der Waals surface area contributed by atoms with E-state index in [4.69, 9.17) is 4.74 Å². The molecule has 3 heteroatoms. The quantitative estimate of drug-likeness (QED) is 0.869. The van der Waals surface area contributed by atoms with Gasteiger partial charge in [0.05, 0.1) is 7.11 Å².